The number of amides is 1. The molecule has 0 saturated carbocycles. The molecule has 2 aromatic heterocycles. The number of pyridine rings is 1. The van der Waals surface area contributed by atoms with Crippen LogP contribution in [-0.2, 0) is 6.54 Å². The number of carbonyl (C=O) groups is 1. The Labute approximate surface area is 247 Å². The summed E-state index contributed by atoms with van der Waals surface area (Å²) in [5.41, 5.74) is 3.49. The zero-order chi connectivity index (χ0) is 29.1. The van der Waals surface area contributed by atoms with Gasteiger partial charge in [0.1, 0.15) is 16.3 Å². The number of para-hydroxylation sites is 1. The number of hydrogen-bond acceptors (Lipinski definition) is 9. The predicted molar refractivity (Wildman–Crippen MR) is 171 cm³/mol. The van der Waals surface area contributed by atoms with Crippen molar-refractivity contribution in [2.75, 3.05) is 41.4 Å². The van der Waals surface area contributed by atoms with E-state index >= 15 is 0 Å². The molecular weight excluding hydrogens is 548 g/mol. The zero-order valence-electron chi connectivity index (χ0n) is 23.3. The summed E-state index contributed by atoms with van der Waals surface area (Å²) in [6.45, 7) is 2.27. The number of thiophene rings is 1. The molecule has 1 aliphatic rings. The van der Waals surface area contributed by atoms with Crippen molar-refractivity contribution in [2.24, 2.45) is 0 Å². The van der Waals surface area contributed by atoms with Gasteiger partial charge in [0.15, 0.2) is 0 Å². The van der Waals surface area contributed by atoms with Gasteiger partial charge in [0, 0.05) is 42.1 Å². The number of rotatable bonds is 11. The first-order valence-corrected chi connectivity index (χ1v) is 15.0. The van der Waals surface area contributed by atoms with Crippen molar-refractivity contribution >= 4 is 56.6 Å². The Morgan fingerprint density at radius 1 is 1.00 bits per heavy atom. The molecule has 0 spiro atoms. The molecule has 1 aliphatic heterocycles. The fourth-order valence-electron chi connectivity index (χ4n) is 5.52. The molecule has 0 radical (unpaired) electrons. The van der Waals surface area contributed by atoms with Crippen LogP contribution in [0.25, 0.3) is 10.9 Å². The zero-order valence-corrected chi connectivity index (χ0v) is 24.1. The summed E-state index contributed by atoms with van der Waals surface area (Å²) in [6.07, 6.45) is 5.04. The lowest BCUT2D eigenvalue weighted by Crippen LogP contribution is -2.37. The van der Waals surface area contributed by atoms with Gasteiger partial charge in [-0.3, -0.25) is 19.4 Å². The van der Waals surface area contributed by atoms with Gasteiger partial charge in [-0.05, 0) is 80.2 Å². The van der Waals surface area contributed by atoms with E-state index in [2.05, 4.69) is 38.2 Å². The van der Waals surface area contributed by atoms with Crippen LogP contribution in [0, 0.1) is 0 Å². The topological polar surface area (TPSA) is 115 Å². The Morgan fingerprint density at radius 2 is 1.83 bits per heavy atom. The highest BCUT2D eigenvalue weighted by atomic mass is 32.1. The molecule has 3 heterocycles. The molecule has 10 heteroatoms. The van der Waals surface area contributed by atoms with E-state index in [4.69, 9.17) is 0 Å². The minimum Gasteiger partial charge on any atom is -0.380 e. The molecule has 214 valence electrons. The number of fused-ring (bicyclic) bond motifs is 1. The highest BCUT2D eigenvalue weighted by Crippen LogP contribution is 2.28. The van der Waals surface area contributed by atoms with Crippen molar-refractivity contribution < 1.29 is 4.79 Å². The van der Waals surface area contributed by atoms with Gasteiger partial charge in [-0.25, -0.2) is 0 Å². The molecule has 4 N–H and O–H groups in total. The molecule has 3 aromatic carbocycles. The third-order valence-corrected chi connectivity index (χ3v) is 8.74. The average molecular weight is 581 g/mol. The van der Waals surface area contributed by atoms with Crippen LogP contribution in [0.3, 0.4) is 0 Å². The van der Waals surface area contributed by atoms with Gasteiger partial charge >= 0.3 is 0 Å². The highest BCUT2D eigenvalue weighted by molar-refractivity contribution is 7.12. The quantitative estimate of drug-likeness (QED) is 0.154. The normalized spacial score (nSPS) is 15.2. The monoisotopic (exact) mass is 580 g/mol. The summed E-state index contributed by atoms with van der Waals surface area (Å²) in [4.78, 5) is 45.1. The lowest BCUT2D eigenvalue weighted by atomic mass is 10.1. The second-order valence-corrected chi connectivity index (χ2v) is 11.5. The Bertz CT molecular complexity index is 1800. The number of aromatic nitrogens is 1. The number of anilines is 5. The van der Waals surface area contributed by atoms with E-state index in [1.165, 1.54) is 17.8 Å². The maximum absolute atomic E-state index is 13.2. The summed E-state index contributed by atoms with van der Waals surface area (Å²) >= 11 is 1.36. The minimum atomic E-state index is -0.541. The average Bonchev–Trinajstić information content (AvgIpc) is 3.66. The minimum absolute atomic E-state index is 0.238. The van der Waals surface area contributed by atoms with Gasteiger partial charge in [-0.2, -0.15) is 0 Å². The molecule has 9 nitrogen and oxygen atoms in total. The Balaban J connectivity index is 1.09. The van der Waals surface area contributed by atoms with E-state index in [0.717, 1.165) is 41.5 Å². The number of benzene rings is 2. The van der Waals surface area contributed by atoms with E-state index < -0.39 is 10.9 Å². The first-order chi connectivity index (χ1) is 20.5. The number of nitrogens with one attached hydrogen (secondary N) is 4. The maximum Gasteiger partial charge on any atom is 0.267 e. The molecule has 0 bridgehead atoms. The molecule has 1 fully saturated rings. The van der Waals surface area contributed by atoms with Crippen LogP contribution in [0.1, 0.15) is 34.5 Å². The SMILES string of the molecule is CN1CCCC1CCNc1c(Nc2cccc(NC(=O)c3sccc3NCc3ccnc4ccccc34)c2)c(=O)c1=O. The van der Waals surface area contributed by atoms with Crippen LogP contribution in [0.4, 0.5) is 28.4 Å². The molecule has 1 unspecified atom stereocenters. The van der Waals surface area contributed by atoms with Gasteiger partial charge in [0.25, 0.3) is 16.8 Å². The fraction of sp³-hybridized carbons (Fsp3) is 0.250. The largest absolute Gasteiger partial charge is 0.380 e. The highest BCUT2D eigenvalue weighted by Gasteiger charge is 2.23. The summed E-state index contributed by atoms with van der Waals surface area (Å²) in [6, 6.07) is 19.4. The second-order valence-electron chi connectivity index (χ2n) is 10.6. The number of carbonyl (C=O) groups excluding carboxylic acids is 1. The molecule has 0 aliphatic carbocycles. The van der Waals surface area contributed by atoms with Gasteiger partial charge < -0.3 is 26.2 Å². The lowest BCUT2D eigenvalue weighted by Gasteiger charge is -2.20. The van der Waals surface area contributed by atoms with E-state index in [-0.39, 0.29) is 11.6 Å². The smallest absolute Gasteiger partial charge is 0.267 e. The van der Waals surface area contributed by atoms with E-state index in [9.17, 15) is 14.4 Å². The fourth-order valence-corrected chi connectivity index (χ4v) is 6.28. The lowest BCUT2D eigenvalue weighted by molar-refractivity contribution is 0.103. The van der Waals surface area contributed by atoms with Gasteiger partial charge in [0.2, 0.25) is 0 Å². The van der Waals surface area contributed by atoms with Crippen LogP contribution in [0.2, 0.25) is 0 Å². The standard InChI is InChI=1S/C32H32N6O3S/c1-38-16-5-8-23(38)12-15-34-27-28(30(40)29(27)39)36-21-6-4-7-22(18-21)37-32(41)31-26(13-17-42-31)35-19-20-11-14-33-25-10-3-2-9-24(20)25/h2-4,6-7,9-11,13-14,17-18,23,34-36H,5,8,12,15-16,19H2,1H3,(H,37,41). The molecule has 6 rings (SSSR count). The first kappa shape index (κ1) is 27.6. The van der Waals surface area contributed by atoms with E-state index in [0.29, 0.717) is 41.1 Å². The Kier molecular flexibility index (Phi) is 7.98. The molecule has 42 heavy (non-hydrogen) atoms. The first-order valence-electron chi connectivity index (χ1n) is 14.1. The number of likely N-dealkylation sites (tertiary alicyclic amines) is 1. The number of nitrogens with zero attached hydrogens (tertiary/aromatic N) is 2. The summed E-state index contributed by atoms with van der Waals surface area (Å²) < 4.78 is 0. The van der Waals surface area contributed by atoms with Crippen molar-refractivity contribution in [3.05, 3.63) is 103 Å². The molecular formula is C32H32N6O3S. The Morgan fingerprint density at radius 3 is 2.69 bits per heavy atom. The van der Waals surface area contributed by atoms with Crippen LogP contribution in [0.15, 0.2) is 81.8 Å². The second kappa shape index (κ2) is 12.1. The van der Waals surface area contributed by atoms with Gasteiger partial charge in [-0.15, -0.1) is 11.3 Å². The van der Waals surface area contributed by atoms with Gasteiger partial charge in [-0.1, -0.05) is 24.3 Å². The molecule has 1 amide bonds. The third kappa shape index (κ3) is 5.77. The maximum atomic E-state index is 13.2. The van der Waals surface area contributed by atoms with Crippen molar-refractivity contribution in [3.63, 3.8) is 0 Å². The van der Waals surface area contributed by atoms with E-state index in [1.54, 1.807) is 30.5 Å². The Hall–Kier alpha value is -4.54. The van der Waals surface area contributed by atoms with Crippen molar-refractivity contribution in [3.8, 4) is 0 Å². The van der Waals surface area contributed by atoms with Gasteiger partial charge in [0.05, 0.1) is 11.2 Å². The van der Waals surface area contributed by atoms with Crippen LogP contribution < -0.4 is 32.1 Å². The van der Waals surface area contributed by atoms with Crippen LogP contribution >= 0.6 is 11.3 Å². The predicted octanol–water partition coefficient (Wildman–Crippen LogP) is 5.40. The molecule has 1 atom stereocenters. The molecule has 5 aromatic rings. The van der Waals surface area contributed by atoms with E-state index in [1.807, 2.05) is 41.8 Å². The van der Waals surface area contributed by atoms with Crippen molar-refractivity contribution in [2.45, 2.75) is 31.8 Å². The van der Waals surface area contributed by atoms with Crippen LogP contribution in [0.5, 0.6) is 0 Å². The third-order valence-electron chi connectivity index (χ3n) is 7.83. The van der Waals surface area contributed by atoms with Crippen molar-refractivity contribution in [1.82, 2.24) is 9.88 Å². The van der Waals surface area contributed by atoms with Crippen molar-refractivity contribution in [1.29, 1.82) is 0 Å². The summed E-state index contributed by atoms with van der Waals surface area (Å²) in [5.74, 6) is -0.238. The summed E-state index contributed by atoms with van der Waals surface area (Å²) in [5, 5.41) is 15.5. The summed E-state index contributed by atoms with van der Waals surface area (Å²) in [7, 11) is 2.12. The molecule has 1 saturated heterocycles. The van der Waals surface area contributed by atoms with Crippen LogP contribution in [-0.4, -0.2) is 42.0 Å². The number of hydrogen-bond donors (Lipinski definition) is 4.